The van der Waals surface area contributed by atoms with Crippen LogP contribution in [0.5, 0.6) is 5.75 Å². The lowest BCUT2D eigenvalue weighted by Gasteiger charge is -2.31. The van der Waals surface area contributed by atoms with E-state index in [1.54, 1.807) is 6.92 Å². The van der Waals surface area contributed by atoms with Crippen molar-refractivity contribution in [3.05, 3.63) is 73.1 Å². The minimum absolute atomic E-state index is 0.0301. The van der Waals surface area contributed by atoms with Gasteiger partial charge in [0.05, 0.1) is 35.7 Å². The second kappa shape index (κ2) is 9.10. The monoisotopic (exact) mass is 559 g/mol. The highest BCUT2D eigenvalue weighted by Crippen LogP contribution is 2.57. The number of ether oxygens (including phenoxy) is 1. The molecular formula is C31H29NO9. The molecule has 4 N–H and O–H groups in total. The zero-order valence-electron chi connectivity index (χ0n) is 22.8. The minimum Gasteiger partial charge on any atom is -0.507 e. The summed E-state index contributed by atoms with van der Waals surface area (Å²) >= 11 is 0. The van der Waals surface area contributed by atoms with Gasteiger partial charge in [0.2, 0.25) is 5.78 Å². The first-order valence-corrected chi connectivity index (χ1v) is 13.7. The summed E-state index contributed by atoms with van der Waals surface area (Å²) < 4.78 is 4.96. The van der Waals surface area contributed by atoms with Crippen LogP contribution in [0.1, 0.15) is 55.0 Å². The number of rotatable bonds is 5. The molecule has 0 fully saturated rings. The van der Waals surface area contributed by atoms with E-state index in [1.807, 2.05) is 6.07 Å². The van der Waals surface area contributed by atoms with Crippen LogP contribution < -0.4 is 5.56 Å². The first-order valence-electron chi connectivity index (χ1n) is 13.7. The van der Waals surface area contributed by atoms with Gasteiger partial charge in [0.1, 0.15) is 16.9 Å². The summed E-state index contributed by atoms with van der Waals surface area (Å²) in [5.74, 6) is -6.71. The maximum Gasteiger partial charge on any atom is 0.259 e. The molecule has 10 nitrogen and oxygen atoms in total. The maximum absolute atomic E-state index is 14.2. The molecule has 3 unspecified atom stereocenters. The Labute approximate surface area is 234 Å². The van der Waals surface area contributed by atoms with Gasteiger partial charge in [-0.3, -0.25) is 24.0 Å². The van der Waals surface area contributed by atoms with Crippen molar-refractivity contribution in [2.75, 3.05) is 7.11 Å². The number of ketones is 4. The highest BCUT2D eigenvalue weighted by atomic mass is 16.5. The third-order valence-corrected chi connectivity index (χ3v) is 9.15. The number of H-pyrrole nitrogens is 1. The Morgan fingerprint density at radius 2 is 1.80 bits per heavy atom. The number of methoxy groups -OCH3 is 1. The van der Waals surface area contributed by atoms with Crippen LogP contribution in [-0.2, 0) is 42.2 Å². The van der Waals surface area contributed by atoms with Gasteiger partial charge in [0, 0.05) is 22.9 Å². The summed E-state index contributed by atoms with van der Waals surface area (Å²) in [6.45, 7) is 3.85. The van der Waals surface area contributed by atoms with Crippen molar-refractivity contribution < 1.29 is 39.2 Å². The van der Waals surface area contributed by atoms with E-state index in [-0.39, 0.29) is 29.6 Å². The van der Waals surface area contributed by atoms with Crippen LogP contribution in [0.25, 0.3) is 10.8 Å². The van der Waals surface area contributed by atoms with Crippen LogP contribution in [0.2, 0.25) is 0 Å². The van der Waals surface area contributed by atoms with E-state index in [0.717, 1.165) is 31.0 Å². The van der Waals surface area contributed by atoms with Crippen LogP contribution in [0.15, 0.2) is 45.2 Å². The van der Waals surface area contributed by atoms with Gasteiger partial charge in [-0.05, 0) is 55.2 Å². The molecule has 0 bridgehead atoms. The fraction of sp³-hybridized carbons (Fsp3) is 0.387. The molecule has 0 saturated carbocycles. The summed E-state index contributed by atoms with van der Waals surface area (Å²) in [5.41, 5.74) is -2.20. The number of pyridine rings is 1. The van der Waals surface area contributed by atoms with Gasteiger partial charge in [-0.25, -0.2) is 0 Å². The highest BCUT2D eigenvalue weighted by molar-refractivity contribution is 6.36. The second-order valence-corrected chi connectivity index (χ2v) is 11.2. The second-order valence-electron chi connectivity index (χ2n) is 11.2. The summed E-state index contributed by atoms with van der Waals surface area (Å²) in [6.07, 6.45) is 2.64. The van der Waals surface area contributed by atoms with E-state index in [9.17, 15) is 39.3 Å². The van der Waals surface area contributed by atoms with Crippen LogP contribution in [0.3, 0.4) is 0 Å². The number of allylic oxidation sites excluding steroid dienone is 3. The van der Waals surface area contributed by atoms with E-state index >= 15 is 0 Å². The molecule has 0 saturated heterocycles. The normalized spacial score (nSPS) is 25.3. The Hall–Kier alpha value is -4.31. The largest absolute Gasteiger partial charge is 0.507 e. The summed E-state index contributed by atoms with van der Waals surface area (Å²) in [6, 6.07) is 1.82. The van der Waals surface area contributed by atoms with E-state index < -0.39 is 74.4 Å². The van der Waals surface area contributed by atoms with Crippen molar-refractivity contribution in [1.29, 1.82) is 0 Å². The SMILES string of the molecule is CCCCCc1cc2c(C)c3c(c(O)c2c(=O)[nH]1)C1(CC3)C(=O)C2=C(C1=O)C(O)C1C(=O)C(OC)=CC(=O)C1=C2O. The molecule has 4 aliphatic rings. The molecule has 2 aromatic rings. The van der Waals surface area contributed by atoms with Crippen LogP contribution in [-0.4, -0.2) is 56.7 Å². The van der Waals surface area contributed by atoms with E-state index in [1.165, 1.54) is 7.11 Å². The fourth-order valence-corrected chi connectivity index (χ4v) is 7.16. The summed E-state index contributed by atoms with van der Waals surface area (Å²) in [5, 5.41) is 34.5. The fourth-order valence-electron chi connectivity index (χ4n) is 7.16. The number of aromatic nitrogens is 1. The first kappa shape index (κ1) is 26.9. The van der Waals surface area contributed by atoms with Gasteiger partial charge in [-0.2, -0.15) is 0 Å². The molecule has 1 spiro atoms. The molecule has 0 amide bonds. The lowest BCUT2D eigenvalue weighted by molar-refractivity contribution is -0.129. The van der Waals surface area contributed by atoms with Gasteiger partial charge in [-0.1, -0.05) is 19.8 Å². The summed E-state index contributed by atoms with van der Waals surface area (Å²) in [4.78, 5) is 70.3. The molecule has 0 radical (unpaired) electrons. The Balaban J connectivity index is 1.53. The first-order chi connectivity index (χ1) is 19.5. The zero-order valence-corrected chi connectivity index (χ0v) is 22.8. The van der Waals surface area contributed by atoms with Gasteiger partial charge >= 0.3 is 0 Å². The van der Waals surface area contributed by atoms with Crippen molar-refractivity contribution in [2.45, 2.75) is 63.9 Å². The molecule has 212 valence electrons. The van der Waals surface area contributed by atoms with Crippen molar-refractivity contribution in [2.24, 2.45) is 5.92 Å². The zero-order chi connectivity index (χ0) is 29.5. The molecule has 41 heavy (non-hydrogen) atoms. The number of aliphatic hydroxyl groups excluding tert-OH is 2. The number of fused-ring (bicyclic) bond motifs is 4. The van der Waals surface area contributed by atoms with E-state index in [0.29, 0.717) is 22.9 Å². The van der Waals surface area contributed by atoms with Crippen LogP contribution in [0.4, 0.5) is 0 Å². The number of carbonyl (C=O) groups is 4. The van der Waals surface area contributed by atoms with Gasteiger partial charge in [-0.15, -0.1) is 0 Å². The minimum atomic E-state index is -2.03. The Morgan fingerprint density at radius 1 is 1.07 bits per heavy atom. The maximum atomic E-state index is 14.2. The van der Waals surface area contributed by atoms with Crippen LogP contribution in [0, 0.1) is 12.8 Å². The number of aromatic amines is 1. The van der Waals surface area contributed by atoms with Gasteiger partial charge in [0.25, 0.3) is 5.56 Å². The lowest BCUT2D eigenvalue weighted by atomic mass is 9.73. The third-order valence-electron chi connectivity index (χ3n) is 9.15. The van der Waals surface area contributed by atoms with Gasteiger partial charge in [0.15, 0.2) is 23.1 Å². The predicted molar refractivity (Wildman–Crippen MR) is 145 cm³/mol. The Bertz CT molecular complexity index is 1790. The van der Waals surface area contributed by atoms with Crippen molar-refractivity contribution in [3.8, 4) is 5.75 Å². The number of Topliss-reactive ketones (excluding diaryl/α,β-unsaturated/α-hetero) is 3. The smallest absolute Gasteiger partial charge is 0.259 e. The number of benzene rings is 1. The van der Waals surface area contributed by atoms with Crippen LogP contribution >= 0.6 is 0 Å². The summed E-state index contributed by atoms with van der Waals surface area (Å²) in [7, 11) is 1.17. The third kappa shape index (κ3) is 3.31. The molecule has 1 heterocycles. The number of aromatic hydroxyl groups is 1. The highest BCUT2D eigenvalue weighted by Gasteiger charge is 2.64. The number of nitrogens with one attached hydrogen (secondary N) is 1. The topological polar surface area (TPSA) is 171 Å². The number of carbonyl (C=O) groups excluding carboxylic acids is 4. The number of phenols is 1. The number of unbranched alkanes of at least 4 members (excludes halogenated alkanes) is 2. The molecule has 3 atom stereocenters. The molecule has 0 aliphatic heterocycles. The van der Waals surface area contributed by atoms with Crippen molar-refractivity contribution in [3.63, 3.8) is 0 Å². The molecule has 1 aromatic carbocycles. The standard InChI is InChI=1S/C31H29NO9/c1-4-5-6-7-13-10-15-12(2)14-8-9-31(23(14)27(37)18(15)30(40)32-13)28(38)21-22(29(31)39)26(36)20-19(25(21)35)16(33)11-17(41-3)24(20)34/h10-11,20,26,35-37H,4-9H2,1-3H3,(H,32,40). The average molecular weight is 560 g/mol. The number of aliphatic hydroxyl groups is 2. The molecule has 6 rings (SSSR count). The predicted octanol–water partition coefficient (Wildman–Crippen LogP) is 2.39. The quantitative estimate of drug-likeness (QED) is 0.317. The van der Waals surface area contributed by atoms with Crippen molar-refractivity contribution in [1.82, 2.24) is 4.98 Å². The lowest BCUT2D eigenvalue weighted by Crippen LogP contribution is -2.43. The number of hydrogen-bond donors (Lipinski definition) is 4. The molecule has 4 aliphatic carbocycles. The van der Waals surface area contributed by atoms with E-state index in [2.05, 4.69) is 11.9 Å². The Kier molecular flexibility index (Phi) is 5.97. The number of phenolic OH excluding ortho intramolecular Hbond substituents is 1. The molecular weight excluding hydrogens is 530 g/mol. The number of hydrogen-bond acceptors (Lipinski definition) is 9. The van der Waals surface area contributed by atoms with E-state index in [4.69, 9.17) is 4.74 Å². The molecule has 1 aromatic heterocycles. The van der Waals surface area contributed by atoms with Crippen molar-refractivity contribution >= 4 is 33.9 Å². The average Bonchev–Trinajstić information content (AvgIpc) is 3.45. The number of aryl methyl sites for hydroxylation is 2. The Morgan fingerprint density at radius 3 is 2.49 bits per heavy atom. The molecule has 10 heteroatoms. The van der Waals surface area contributed by atoms with Gasteiger partial charge < -0.3 is 25.0 Å².